The molecule has 1 unspecified atom stereocenters. The van der Waals surface area contributed by atoms with Crippen LogP contribution in [0.5, 0.6) is 0 Å². The molecular formula is C13H20N2O2S. The topological polar surface area (TPSA) is 63.4 Å². The van der Waals surface area contributed by atoms with Crippen molar-refractivity contribution in [1.82, 2.24) is 4.31 Å². The molecular weight excluding hydrogens is 248 g/mol. The molecule has 0 radical (unpaired) electrons. The molecule has 0 saturated carbocycles. The molecule has 2 rings (SSSR count). The van der Waals surface area contributed by atoms with Crippen molar-refractivity contribution in [3.63, 3.8) is 0 Å². The summed E-state index contributed by atoms with van der Waals surface area (Å²) in [6.45, 7) is 4.34. The van der Waals surface area contributed by atoms with Crippen LogP contribution in [0.15, 0.2) is 35.2 Å². The molecule has 1 fully saturated rings. The van der Waals surface area contributed by atoms with Crippen molar-refractivity contribution in [2.75, 3.05) is 6.54 Å². The van der Waals surface area contributed by atoms with Gasteiger partial charge < -0.3 is 5.73 Å². The summed E-state index contributed by atoms with van der Waals surface area (Å²) >= 11 is 0. The highest BCUT2D eigenvalue weighted by atomic mass is 32.2. The molecule has 0 spiro atoms. The predicted molar refractivity (Wildman–Crippen MR) is 71.6 cm³/mol. The molecule has 18 heavy (non-hydrogen) atoms. The molecule has 1 atom stereocenters. The van der Waals surface area contributed by atoms with E-state index in [4.69, 9.17) is 5.73 Å². The smallest absolute Gasteiger partial charge is 0.243 e. The first-order chi connectivity index (χ1) is 8.37. The van der Waals surface area contributed by atoms with E-state index in [2.05, 4.69) is 0 Å². The maximum Gasteiger partial charge on any atom is 0.243 e. The number of piperidine rings is 1. The van der Waals surface area contributed by atoms with E-state index in [-0.39, 0.29) is 6.04 Å². The minimum absolute atomic E-state index is 0.121. The number of benzene rings is 1. The van der Waals surface area contributed by atoms with Crippen LogP contribution >= 0.6 is 0 Å². The van der Waals surface area contributed by atoms with Gasteiger partial charge >= 0.3 is 0 Å². The van der Waals surface area contributed by atoms with E-state index >= 15 is 0 Å². The predicted octanol–water partition coefficient (Wildman–Crippen LogP) is 1.58. The molecule has 0 bridgehead atoms. The molecule has 1 aromatic carbocycles. The SMILES string of the molecule is CC1(C)C(N)CCCN1S(=O)(=O)c1ccccc1. The van der Waals surface area contributed by atoms with Crippen LogP contribution in [0.1, 0.15) is 26.7 Å². The normalized spacial score (nSPS) is 24.9. The number of hydrogen-bond donors (Lipinski definition) is 1. The summed E-state index contributed by atoms with van der Waals surface area (Å²) < 4.78 is 26.8. The van der Waals surface area contributed by atoms with Gasteiger partial charge in [-0.1, -0.05) is 18.2 Å². The standard InChI is InChI=1S/C13H20N2O2S/c1-13(2)12(14)9-6-10-15(13)18(16,17)11-7-4-3-5-8-11/h3-5,7-8,12H,6,9-10,14H2,1-2H3. The van der Waals surface area contributed by atoms with Gasteiger partial charge in [0.25, 0.3) is 0 Å². The van der Waals surface area contributed by atoms with Crippen molar-refractivity contribution >= 4 is 10.0 Å². The summed E-state index contributed by atoms with van der Waals surface area (Å²) in [4.78, 5) is 0.340. The van der Waals surface area contributed by atoms with Crippen molar-refractivity contribution in [2.24, 2.45) is 5.73 Å². The van der Waals surface area contributed by atoms with E-state index in [9.17, 15) is 8.42 Å². The Bertz CT molecular complexity index is 511. The third-order valence-electron chi connectivity index (χ3n) is 3.76. The monoisotopic (exact) mass is 268 g/mol. The van der Waals surface area contributed by atoms with Crippen LogP contribution in [0.2, 0.25) is 0 Å². The zero-order chi connectivity index (χ0) is 13.4. The van der Waals surface area contributed by atoms with Gasteiger partial charge in [0.15, 0.2) is 0 Å². The van der Waals surface area contributed by atoms with Gasteiger partial charge in [0.2, 0.25) is 10.0 Å². The molecule has 0 aromatic heterocycles. The van der Waals surface area contributed by atoms with Gasteiger partial charge in [-0.25, -0.2) is 8.42 Å². The van der Waals surface area contributed by atoms with E-state index < -0.39 is 15.6 Å². The zero-order valence-electron chi connectivity index (χ0n) is 10.8. The lowest BCUT2D eigenvalue weighted by Gasteiger charge is -2.45. The number of hydrogen-bond acceptors (Lipinski definition) is 3. The lowest BCUT2D eigenvalue weighted by atomic mass is 9.88. The van der Waals surface area contributed by atoms with Crippen molar-refractivity contribution < 1.29 is 8.42 Å². The summed E-state index contributed by atoms with van der Waals surface area (Å²) in [5.41, 5.74) is 5.54. The van der Waals surface area contributed by atoms with Crippen molar-refractivity contribution in [3.05, 3.63) is 30.3 Å². The van der Waals surface area contributed by atoms with Crippen LogP contribution in [0, 0.1) is 0 Å². The molecule has 2 N–H and O–H groups in total. The highest BCUT2D eigenvalue weighted by molar-refractivity contribution is 7.89. The van der Waals surface area contributed by atoms with Gasteiger partial charge in [0.1, 0.15) is 0 Å². The van der Waals surface area contributed by atoms with Crippen LogP contribution in [0.4, 0.5) is 0 Å². The molecule has 1 saturated heterocycles. The Morgan fingerprint density at radius 1 is 1.28 bits per heavy atom. The Morgan fingerprint density at radius 2 is 1.89 bits per heavy atom. The summed E-state index contributed by atoms with van der Waals surface area (Å²) in [6.07, 6.45) is 1.68. The molecule has 1 aromatic rings. The maximum absolute atomic E-state index is 12.6. The summed E-state index contributed by atoms with van der Waals surface area (Å²) in [5.74, 6) is 0. The zero-order valence-corrected chi connectivity index (χ0v) is 11.7. The molecule has 100 valence electrons. The Hall–Kier alpha value is -0.910. The number of rotatable bonds is 2. The molecule has 0 amide bonds. The van der Waals surface area contributed by atoms with Crippen molar-refractivity contribution in [3.8, 4) is 0 Å². The van der Waals surface area contributed by atoms with Crippen LogP contribution in [0.3, 0.4) is 0 Å². The molecule has 0 aliphatic carbocycles. The highest BCUT2D eigenvalue weighted by Gasteiger charge is 2.43. The van der Waals surface area contributed by atoms with Crippen LogP contribution < -0.4 is 5.73 Å². The van der Waals surface area contributed by atoms with Gasteiger partial charge in [0.05, 0.1) is 4.90 Å². The fraction of sp³-hybridized carbons (Fsp3) is 0.538. The maximum atomic E-state index is 12.6. The van der Waals surface area contributed by atoms with Crippen molar-refractivity contribution in [1.29, 1.82) is 0 Å². The van der Waals surface area contributed by atoms with Gasteiger partial charge in [0, 0.05) is 18.1 Å². The lowest BCUT2D eigenvalue weighted by Crippen LogP contribution is -2.61. The van der Waals surface area contributed by atoms with E-state index in [0.717, 1.165) is 12.8 Å². The first-order valence-electron chi connectivity index (χ1n) is 6.20. The second-order valence-corrected chi connectivity index (χ2v) is 7.15. The lowest BCUT2D eigenvalue weighted by molar-refractivity contribution is 0.142. The average Bonchev–Trinajstić information content (AvgIpc) is 2.33. The number of nitrogens with zero attached hydrogens (tertiary/aromatic N) is 1. The number of nitrogens with two attached hydrogens (primary N) is 1. The van der Waals surface area contributed by atoms with Crippen molar-refractivity contribution in [2.45, 2.75) is 43.2 Å². The van der Waals surface area contributed by atoms with E-state index in [1.54, 1.807) is 28.6 Å². The van der Waals surface area contributed by atoms with Crippen LogP contribution in [0.25, 0.3) is 0 Å². The molecule has 4 nitrogen and oxygen atoms in total. The fourth-order valence-corrected chi connectivity index (χ4v) is 4.31. The number of sulfonamides is 1. The van der Waals surface area contributed by atoms with Crippen LogP contribution in [-0.4, -0.2) is 30.8 Å². The van der Waals surface area contributed by atoms with Crippen LogP contribution in [-0.2, 0) is 10.0 Å². The minimum atomic E-state index is -3.45. The Kier molecular flexibility index (Phi) is 3.49. The van der Waals surface area contributed by atoms with Gasteiger partial charge in [-0.15, -0.1) is 0 Å². The Morgan fingerprint density at radius 3 is 2.50 bits per heavy atom. The summed E-state index contributed by atoms with van der Waals surface area (Å²) in [6, 6.07) is 8.43. The fourth-order valence-electron chi connectivity index (χ4n) is 2.43. The largest absolute Gasteiger partial charge is 0.326 e. The molecule has 1 aliphatic rings. The summed E-state index contributed by atoms with van der Waals surface area (Å²) in [5, 5.41) is 0. The summed E-state index contributed by atoms with van der Waals surface area (Å²) in [7, 11) is -3.45. The van der Waals surface area contributed by atoms with E-state index in [1.165, 1.54) is 0 Å². The minimum Gasteiger partial charge on any atom is -0.326 e. The van der Waals surface area contributed by atoms with E-state index in [0.29, 0.717) is 11.4 Å². The molecule has 1 aliphatic heterocycles. The quantitative estimate of drug-likeness (QED) is 0.885. The second-order valence-electron chi connectivity index (χ2n) is 5.29. The third-order valence-corrected chi connectivity index (χ3v) is 5.86. The first-order valence-corrected chi connectivity index (χ1v) is 7.64. The van der Waals surface area contributed by atoms with Gasteiger partial charge in [-0.2, -0.15) is 4.31 Å². The third kappa shape index (κ3) is 2.18. The molecule has 1 heterocycles. The first kappa shape index (κ1) is 13.5. The second kappa shape index (κ2) is 4.64. The highest BCUT2D eigenvalue weighted by Crippen LogP contribution is 2.32. The van der Waals surface area contributed by atoms with Gasteiger partial charge in [-0.05, 0) is 38.8 Å². The Balaban J connectivity index is 2.42. The van der Waals surface area contributed by atoms with Gasteiger partial charge in [-0.3, -0.25) is 0 Å². The Labute approximate surface area is 109 Å². The van der Waals surface area contributed by atoms with E-state index in [1.807, 2.05) is 19.9 Å². The average molecular weight is 268 g/mol. The molecule has 5 heteroatoms.